The van der Waals surface area contributed by atoms with Gasteiger partial charge in [0.1, 0.15) is 0 Å². The van der Waals surface area contributed by atoms with Crippen molar-refractivity contribution in [3.63, 3.8) is 0 Å². The van der Waals surface area contributed by atoms with E-state index in [-0.39, 0.29) is 0 Å². The molecule has 0 aromatic carbocycles. The highest BCUT2D eigenvalue weighted by Gasteiger charge is 2.38. The standard InChI is InChI=1S/C11H21N/c1-7-4-10(9(7)3)5-11-8(2)6-12-11/h7-12H,4-6H2,1-3H3. The summed E-state index contributed by atoms with van der Waals surface area (Å²) < 4.78 is 0. The van der Waals surface area contributed by atoms with Crippen LogP contribution in [0, 0.1) is 23.7 Å². The second-order valence-electron chi connectivity index (χ2n) is 5.06. The third kappa shape index (κ3) is 1.28. The fraction of sp³-hybridized carbons (Fsp3) is 1.00. The van der Waals surface area contributed by atoms with Crippen molar-refractivity contribution in [1.29, 1.82) is 0 Å². The van der Waals surface area contributed by atoms with Crippen LogP contribution in [0.3, 0.4) is 0 Å². The lowest BCUT2D eigenvalue weighted by atomic mass is 9.63. The maximum atomic E-state index is 3.53. The Bertz CT molecular complexity index is 166. The molecule has 0 aromatic heterocycles. The Morgan fingerprint density at radius 3 is 2.25 bits per heavy atom. The topological polar surface area (TPSA) is 12.0 Å². The number of hydrogen-bond acceptors (Lipinski definition) is 1. The largest absolute Gasteiger partial charge is 0.313 e. The van der Waals surface area contributed by atoms with Crippen molar-refractivity contribution in [2.75, 3.05) is 6.54 Å². The normalized spacial score (nSPS) is 52.8. The van der Waals surface area contributed by atoms with Gasteiger partial charge in [-0.3, -0.25) is 0 Å². The number of nitrogens with one attached hydrogen (secondary N) is 1. The predicted molar refractivity (Wildman–Crippen MR) is 52.0 cm³/mol. The summed E-state index contributed by atoms with van der Waals surface area (Å²) in [7, 11) is 0. The first-order valence-electron chi connectivity index (χ1n) is 5.42. The minimum Gasteiger partial charge on any atom is -0.313 e. The van der Waals surface area contributed by atoms with Crippen LogP contribution in [-0.4, -0.2) is 12.6 Å². The van der Waals surface area contributed by atoms with Crippen molar-refractivity contribution < 1.29 is 0 Å². The lowest BCUT2D eigenvalue weighted by Crippen LogP contribution is -2.53. The average Bonchev–Trinajstić information content (AvgIpc) is 2.08. The highest BCUT2D eigenvalue weighted by molar-refractivity contribution is 4.92. The van der Waals surface area contributed by atoms with E-state index in [2.05, 4.69) is 26.1 Å². The van der Waals surface area contributed by atoms with Crippen molar-refractivity contribution >= 4 is 0 Å². The van der Waals surface area contributed by atoms with Crippen LogP contribution in [0.2, 0.25) is 0 Å². The summed E-state index contributed by atoms with van der Waals surface area (Å²) in [4.78, 5) is 0. The summed E-state index contributed by atoms with van der Waals surface area (Å²) in [6, 6.07) is 0.852. The van der Waals surface area contributed by atoms with Gasteiger partial charge in [-0.05, 0) is 43.1 Å². The summed E-state index contributed by atoms with van der Waals surface area (Å²) in [6.07, 6.45) is 2.92. The molecule has 12 heavy (non-hydrogen) atoms. The van der Waals surface area contributed by atoms with Crippen molar-refractivity contribution in [2.45, 2.75) is 39.7 Å². The first-order valence-corrected chi connectivity index (χ1v) is 5.42. The highest BCUT2D eigenvalue weighted by Crippen LogP contribution is 2.43. The van der Waals surface area contributed by atoms with Gasteiger partial charge in [-0.15, -0.1) is 0 Å². The molecule has 1 aliphatic heterocycles. The Morgan fingerprint density at radius 2 is 1.92 bits per heavy atom. The van der Waals surface area contributed by atoms with Gasteiger partial charge < -0.3 is 5.32 Å². The zero-order chi connectivity index (χ0) is 8.72. The van der Waals surface area contributed by atoms with Crippen molar-refractivity contribution in [3.8, 4) is 0 Å². The molecule has 0 spiro atoms. The molecule has 1 saturated carbocycles. The van der Waals surface area contributed by atoms with Gasteiger partial charge in [-0.2, -0.15) is 0 Å². The van der Waals surface area contributed by atoms with E-state index in [9.17, 15) is 0 Å². The van der Waals surface area contributed by atoms with Gasteiger partial charge in [0.15, 0.2) is 0 Å². The maximum absolute atomic E-state index is 3.53. The summed E-state index contributed by atoms with van der Waals surface area (Å²) in [5.41, 5.74) is 0. The number of rotatable bonds is 2. The Labute approximate surface area is 75.9 Å². The van der Waals surface area contributed by atoms with Gasteiger partial charge in [-0.1, -0.05) is 20.8 Å². The summed E-state index contributed by atoms with van der Waals surface area (Å²) in [5.74, 6) is 3.94. The van der Waals surface area contributed by atoms with E-state index in [1.165, 1.54) is 19.4 Å². The molecule has 70 valence electrons. The molecule has 1 saturated heterocycles. The third-order valence-electron chi connectivity index (χ3n) is 4.26. The molecule has 1 heteroatoms. The van der Waals surface area contributed by atoms with Gasteiger partial charge in [0.2, 0.25) is 0 Å². The molecule has 2 fully saturated rings. The summed E-state index contributed by atoms with van der Waals surface area (Å²) in [6.45, 7) is 8.43. The lowest BCUT2D eigenvalue weighted by molar-refractivity contribution is 0.0621. The van der Waals surface area contributed by atoms with E-state index >= 15 is 0 Å². The molecule has 1 heterocycles. The van der Waals surface area contributed by atoms with Crippen molar-refractivity contribution in [2.24, 2.45) is 23.7 Å². The van der Waals surface area contributed by atoms with Gasteiger partial charge in [0.05, 0.1) is 0 Å². The zero-order valence-electron chi connectivity index (χ0n) is 8.51. The summed E-state index contributed by atoms with van der Waals surface area (Å²) >= 11 is 0. The van der Waals surface area contributed by atoms with Crippen LogP contribution in [0.25, 0.3) is 0 Å². The van der Waals surface area contributed by atoms with Crippen LogP contribution in [0.1, 0.15) is 33.6 Å². The molecule has 5 unspecified atom stereocenters. The van der Waals surface area contributed by atoms with E-state index < -0.39 is 0 Å². The molecular formula is C11H21N. The van der Waals surface area contributed by atoms with Crippen LogP contribution < -0.4 is 5.32 Å². The molecule has 5 atom stereocenters. The monoisotopic (exact) mass is 167 g/mol. The molecule has 0 radical (unpaired) electrons. The Kier molecular flexibility index (Phi) is 2.16. The fourth-order valence-corrected chi connectivity index (χ4v) is 2.65. The van der Waals surface area contributed by atoms with E-state index in [4.69, 9.17) is 0 Å². The average molecular weight is 167 g/mol. The Hall–Kier alpha value is -0.0400. The molecule has 1 nitrogen and oxygen atoms in total. The molecule has 1 aliphatic carbocycles. The third-order valence-corrected chi connectivity index (χ3v) is 4.26. The smallest absolute Gasteiger partial charge is 0.0108 e. The molecule has 2 rings (SSSR count). The second-order valence-corrected chi connectivity index (χ2v) is 5.06. The predicted octanol–water partition coefficient (Wildman–Crippen LogP) is 2.28. The first-order chi connectivity index (χ1) is 5.68. The molecule has 0 aromatic rings. The van der Waals surface area contributed by atoms with E-state index in [0.717, 1.165) is 29.7 Å². The molecular weight excluding hydrogens is 146 g/mol. The Morgan fingerprint density at radius 1 is 1.17 bits per heavy atom. The fourth-order valence-electron chi connectivity index (χ4n) is 2.65. The minimum atomic E-state index is 0.852. The molecule has 0 bridgehead atoms. The van der Waals surface area contributed by atoms with Gasteiger partial charge >= 0.3 is 0 Å². The number of hydrogen-bond donors (Lipinski definition) is 1. The first kappa shape index (κ1) is 8.55. The van der Waals surface area contributed by atoms with E-state index in [0.29, 0.717) is 0 Å². The lowest BCUT2D eigenvalue weighted by Gasteiger charge is -2.46. The van der Waals surface area contributed by atoms with Crippen LogP contribution in [0.4, 0.5) is 0 Å². The van der Waals surface area contributed by atoms with Crippen LogP contribution in [0.15, 0.2) is 0 Å². The van der Waals surface area contributed by atoms with Crippen LogP contribution in [0.5, 0.6) is 0 Å². The molecule has 0 amide bonds. The van der Waals surface area contributed by atoms with Gasteiger partial charge in [0.25, 0.3) is 0 Å². The second kappa shape index (κ2) is 3.02. The van der Waals surface area contributed by atoms with E-state index in [1.807, 2.05) is 0 Å². The van der Waals surface area contributed by atoms with Crippen LogP contribution in [-0.2, 0) is 0 Å². The summed E-state index contributed by atoms with van der Waals surface area (Å²) in [5, 5.41) is 3.53. The molecule has 2 aliphatic rings. The van der Waals surface area contributed by atoms with Crippen molar-refractivity contribution in [3.05, 3.63) is 0 Å². The van der Waals surface area contributed by atoms with Gasteiger partial charge in [-0.25, -0.2) is 0 Å². The zero-order valence-corrected chi connectivity index (χ0v) is 8.51. The quantitative estimate of drug-likeness (QED) is 0.665. The van der Waals surface area contributed by atoms with Gasteiger partial charge in [0, 0.05) is 6.04 Å². The molecule has 1 N–H and O–H groups in total. The Balaban J connectivity index is 1.74. The maximum Gasteiger partial charge on any atom is 0.0108 e. The highest BCUT2D eigenvalue weighted by atomic mass is 15.0. The van der Waals surface area contributed by atoms with Crippen LogP contribution >= 0.6 is 0 Å². The minimum absolute atomic E-state index is 0.852. The van der Waals surface area contributed by atoms with Crippen molar-refractivity contribution in [1.82, 2.24) is 5.32 Å². The van der Waals surface area contributed by atoms with E-state index in [1.54, 1.807) is 0 Å². The SMILES string of the molecule is CC1CNC1CC1CC(C)C1C.